The fourth-order valence-corrected chi connectivity index (χ4v) is 2.50. The van der Waals surface area contributed by atoms with Gasteiger partial charge in [0.2, 0.25) is 0 Å². The van der Waals surface area contributed by atoms with E-state index < -0.39 is 0 Å². The lowest BCUT2D eigenvalue weighted by atomic mass is 9.83. The molecule has 0 atom stereocenters. The largest absolute Gasteiger partial charge is 0.330 e. The lowest BCUT2D eigenvalue weighted by Gasteiger charge is -2.36. The normalized spacial score (nSPS) is 28.7. The van der Waals surface area contributed by atoms with Crippen LogP contribution in [0.2, 0.25) is 0 Å². The molecule has 2 nitrogen and oxygen atoms in total. The Balaban J connectivity index is 2.28. The van der Waals surface area contributed by atoms with Gasteiger partial charge >= 0.3 is 0 Å². The van der Waals surface area contributed by atoms with Gasteiger partial charge < -0.3 is 10.6 Å². The Bertz CT molecular complexity index is 148. The Hall–Kier alpha value is -0.0800. The van der Waals surface area contributed by atoms with E-state index in [1.807, 2.05) is 0 Å². The molecule has 2 heteroatoms. The van der Waals surface area contributed by atoms with E-state index in [4.69, 9.17) is 5.73 Å². The molecule has 0 saturated heterocycles. The molecule has 2 N–H and O–H groups in total. The first-order valence-corrected chi connectivity index (χ1v) is 6.07. The van der Waals surface area contributed by atoms with E-state index in [2.05, 4.69) is 25.8 Å². The molecule has 0 heterocycles. The summed E-state index contributed by atoms with van der Waals surface area (Å²) in [5.41, 5.74) is 5.59. The van der Waals surface area contributed by atoms with Crippen molar-refractivity contribution in [1.29, 1.82) is 0 Å². The van der Waals surface area contributed by atoms with Crippen LogP contribution < -0.4 is 5.73 Å². The van der Waals surface area contributed by atoms with Crippen LogP contribution >= 0.6 is 0 Å². The molecule has 1 aliphatic rings. The standard InChI is InChI=1S/C12H26N2/c1-10(2)14(3)12-6-4-11(5-7-12)8-9-13/h10-12H,4-9,13H2,1-3H3. The minimum atomic E-state index is 0.686. The first-order valence-electron chi connectivity index (χ1n) is 6.07. The molecule has 1 rings (SSSR count). The smallest absolute Gasteiger partial charge is 0.00951 e. The highest BCUT2D eigenvalue weighted by Gasteiger charge is 2.24. The maximum Gasteiger partial charge on any atom is 0.00951 e. The summed E-state index contributed by atoms with van der Waals surface area (Å²) in [4.78, 5) is 2.53. The minimum Gasteiger partial charge on any atom is -0.330 e. The van der Waals surface area contributed by atoms with Crippen LogP contribution in [0.3, 0.4) is 0 Å². The van der Waals surface area contributed by atoms with E-state index in [-0.39, 0.29) is 0 Å². The molecule has 0 aromatic carbocycles. The van der Waals surface area contributed by atoms with Crippen molar-refractivity contribution in [3.05, 3.63) is 0 Å². The van der Waals surface area contributed by atoms with Gasteiger partial charge in [-0.1, -0.05) is 0 Å². The van der Waals surface area contributed by atoms with Gasteiger partial charge in [0.15, 0.2) is 0 Å². The Morgan fingerprint density at radius 3 is 2.21 bits per heavy atom. The van der Waals surface area contributed by atoms with Crippen LogP contribution in [0.25, 0.3) is 0 Å². The SMILES string of the molecule is CC(C)N(C)C1CCC(CCN)CC1. The highest BCUT2D eigenvalue weighted by Crippen LogP contribution is 2.29. The van der Waals surface area contributed by atoms with E-state index in [9.17, 15) is 0 Å². The van der Waals surface area contributed by atoms with Crippen LogP contribution in [-0.2, 0) is 0 Å². The van der Waals surface area contributed by atoms with Crippen molar-refractivity contribution in [2.24, 2.45) is 11.7 Å². The Morgan fingerprint density at radius 2 is 1.79 bits per heavy atom. The topological polar surface area (TPSA) is 29.3 Å². The van der Waals surface area contributed by atoms with Gasteiger partial charge in [-0.2, -0.15) is 0 Å². The molecule has 0 unspecified atom stereocenters. The minimum absolute atomic E-state index is 0.686. The van der Waals surface area contributed by atoms with Gasteiger partial charge in [0.1, 0.15) is 0 Å². The molecule has 1 aliphatic carbocycles. The Morgan fingerprint density at radius 1 is 1.21 bits per heavy atom. The third kappa shape index (κ3) is 3.25. The zero-order valence-electron chi connectivity index (χ0n) is 10.00. The van der Waals surface area contributed by atoms with Crippen molar-refractivity contribution in [3.63, 3.8) is 0 Å². The number of nitrogens with zero attached hydrogens (tertiary/aromatic N) is 1. The summed E-state index contributed by atoms with van der Waals surface area (Å²) in [6.07, 6.45) is 6.76. The first kappa shape index (κ1) is 12.0. The molecule has 1 saturated carbocycles. The Kier molecular flexibility index (Phi) is 4.90. The molecule has 0 spiro atoms. The first-order chi connectivity index (χ1) is 6.65. The average molecular weight is 198 g/mol. The van der Waals surface area contributed by atoms with Crippen molar-refractivity contribution in [1.82, 2.24) is 4.90 Å². The van der Waals surface area contributed by atoms with Crippen LogP contribution in [0.15, 0.2) is 0 Å². The van der Waals surface area contributed by atoms with Crippen LogP contribution in [-0.4, -0.2) is 30.6 Å². The molecule has 0 aromatic rings. The van der Waals surface area contributed by atoms with Gasteiger partial charge in [-0.25, -0.2) is 0 Å². The molecule has 0 aliphatic heterocycles. The summed E-state index contributed by atoms with van der Waals surface area (Å²) in [6, 6.07) is 1.51. The number of hydrogen-bond donors (Lipinski definition) is 1. The van der Waals surface area contributed by atoms with Crippen LogP contribution in [0.5, 0.6) is 0 Å². The van der Waals surface area contributed by atoms with E-state index in [1.54, 1.807) is 0 Å². The van der Waals surface area contributed by atoms with Gasteiger partial charge in [0.25, 0.3) is 0 Å². The predicted molar refractivity (Wildman–Crippen MR) is 62.3 cm³/mol. The Labute approximate surface area is 88.8 Å². The van der Waals surface area contributed by atoms with Crippen molar-refractivity contribution < 1.29 is 0 Å². The van der Waals surface area contributed by atoms with E-state index in [0.29, 0.717) is 6.04 Å². The lowest BCUT2D eigenvalue weighted by Crippen LogP contribution is -2.39. The second-order valence-electron chi connectivity index (χ2n) is 5.01. The molecule has 84 valence electrons. The third-order valence-electron chi connectivity index (χ3n) is 3.78. The van der Waals surface area contributed by atoms with Gasteiger partial charge in [-0.05, 0) is 65.5 Å². The number of hydrogen-bond acceptors (Lipinski definition) is 2. The fraction of sp³-hybridized carbons (Fsp3) is 1.00. The molecule has 0 radical (unpaired) electrons. The summed E-state index contributed by atoms with van der Waals surface area (Å²) in [5.74, 6) is 0.914. The summed E-state index contributed by atoms with van der Waals surface area (Å²) < 4.78 is 0. The molecule has 0 bridgehead atoms. The van der Waals surface area contributed by atoms with E-state index in [0.717, 1.165) is 18.5 Å². The summed E-state index contributed by atoms with van der Waals surface area (Å²) in [7, 11) is 2.26. The highest BCUT2D eigenvalue weighted by molar-refractivity contribution is 4.79. The fourth-order valence-electron chi connectivity index (χ4n) is 2.50. The predicted octanol–water partition coefficient (Wildman–Crippen LogP) is 2.23. The number of nitrogens with two attached hydrogens (primary N) is 1. The van der Waals surface area contributed by atoms with Crippen molar-refractivity contribution >= 4 is 0 Å². The van der Waals surface area contributed by atoms with Crippen molar-refractivity contribution in [3.8, 4) is 0 Å². The molecule has 0 aromatic heterocycles. The van der Waals surface area contributed by atoms with Gasteiger partial charge in [-0.15, -0.1) is 0 Å². The zero-order valence-corrected chi connectivity index (χ0v) is 10.00. The summed E-state index contributed by atoms with van der Waals surface area (Å²) in [6.45, 7) is 5.44. The second-order valence-corrected chi connectivity index (χ2v) is 5.01. The van der Waals surface area contributed by atoms with Crippen LogP contribution in [0, 0.1) is 5.92 Å². The van der Waals surface area contributed by atoms with E-state index in [1.165, 1.54) is 32.1 Å². The molecular formula is C12H26N2. The maximum absolute atomic E-state index is 5.59. The van der Waals surface area contributed by atoms with E-state index >= 15 is 0 Å². The van der Waals surface area contributed by atoms with Crippen molar-refractivity contribution in [2.75, 3.05) is 13.6 Å². The second kappa shape index (κ2) is 5.72. The summed E-state index contributed by atoms with van der Waals surface area (Å²) in [5, 5.41) is 0. The van der Waals surface area contributed by atoms with Crippen molar-refractivity contribution in [2.45, 2.75) is 58.0 Å². The molecule has 0 amide bonds. The monoisotopic (exact) mass is 198 g/mol. The molecular weight excluding hydrogens is 172 g/mol. The highest BCUT2D eigenvalue weighted by atomic mass is 15.1. The maximum atomic E-state index is 5.59. The van der Waals surface area contributed by atoms with Gasteiger partial charge in [-0.3, -0.25) is 0 Å². The third-order valence-corrected chi connectivity index (χ3v) is 3.78. The quantitative estimate of drug-likeness (QED) is 0.750. The molecule has 1 fully saturated rings. The zero-order chi connectivity index (χ0) is 10.6. The van der Waals surface area contributed by atoms with Crippen LogP contribution in [0.4, 0.5) is 0 Å². The van der Waals surface area contributed by atoms with Gasteiger partial charge in [0, 0.05) is 12.1 Å². The molecule has 14 heavy (non-hydrogen) atoms. The van der Waals surface area contributed by atoms with Gasteiger partial charge in [0.05, 0.1) is 0 Å². The van der Waals surface area contributed by atoms with Crippen LogP contribution in [0.1, 0.15) is 46.0 Å². The summed E-state index contributed by atoms with van der Waals surface area (Å²) >= 11 is 0. The number of rotatable bonds is 4. The average Bonchev–Trinajstić information content (AvgIpc) is 2.18. The lowest BCUT2D eigenvalue weighted by molar-refractivity contribution is 0.133.